The summed E-state index contributed by atoms with van der Waals surface area (Å²) in [7, 11) is 0. The van der Waals surface area contributed by atoms with E-state index >= 15 is 0 Å². The Labute approximate surface area is 81.9 Å². The molecule has 0 heterocycles. The molecule has 0 radical (unpaired) electrons. The van der Waals surface area contributed by atoms with E-state index in [-0.39, 0.29) is 18.5 Å². The molecule has 2 unspecified atom stereocenters. The third-order valence-electron chi connectivity index (χ3n) is 2.25. The van der Waals surface area contributed by atoms with Crippen molar-refractivity contribution in [1.29, 1.82) is 0 Å². The summed E-state index contributed by atoms with van der Waals surface area (Å²) in [5.74, 6) is -1.44. The molecule has 0 saturated carbocycles. The fourth-order valence-corrected chi connectivity index (χ4v) is 1.43. The van der Waals surface area contributed by atoms with Crippen molar-refractivity contribution in [2.75, 3.05) is 6.54 Å². The molecule has 2 atom stereocenters. The summed E-state index contributed by atoms with van der Waals surface area (Å²) in [5, 5.41) is 0. The topological polar surface area (TPSA) is 52.0 Å². The van der Waals surface area contributed by atoms with E-state index in [0.717, 1.165) is 6.07 Å². The molecule has 0 amide bonds. The minimum Gasteiger partial charge on any atom is -0.330 e. The molecule has 0 saturated heterocycles. The summed E-state index contributed by atoms with van der Waals surface area (Å²) >= 11 is 0. The van der Waals surface area contributed by atoms with Crippen LogP contribution in [0.1, 0.15) is 18.4 Å². The average Bonchev–Trinajstić information content (AvgIpc) is 2.09. The van der Waals surface area contributed by atoms with Crippen LogP contribution in [0.2, 0.25) is 0 Å². The summed E-state index contributed by atoms with van der Waals surface area (Å²) in [6.07, 6.45) is 0. The maximum Gasteiger partial charge on any atom is 0.129 e. The Morgan fingerprint density at radius 1 is 1.36 bits per heavy atom. The summed E-state index contributed by atoms with van der Waals surface area (Å²) in [6, 6.07) is 3.20. The predicted molar refractivity (Wildman–Crippen MR) is 51.8 cm³/mol. The number of rotatable bonds is 3. The highest BCUT2D eigenvalue weighted by molar-refractivity contribution is 5.24. The van der Waals surface area contributed by atoms with E-state index in [2.05, 4.69) is 0 Å². The Hall–Kier alpha value is -1.00. The largest absolute Gasteiger partial charge is 0.330 e. The zero-order valence-electron chi connectivity index (χ0n) is 8.00. The number of hydrogen-bond donors (Lipinski definition) is 2. The fraction of sp³-hybridized carbons (Fsp3) is 0.400. The van der Waals surface area contributed by atoms with E-state index in [0.29, 0.717) is 5.56 Å². The minimum absolute atomic E-state index is 0.250. The van der Waals surface area contributed by atoms with Crippen molar-refractivity contribution in [3.63, 3.8) is 0 Å². The van der Waals surface area contributed by atoms with Crippen molar-refractivity contribution >= 4 is 0 Å². The molecule has 0 fully saturated rings. The lowest BCUT2D eigenvalue weighted by Gasteiger charge is -2.19. The van der Waals surface area contributed by atoms with Crippen LogP contribution < -0.4 is 11.5 Å². The number of benzene rings is 1. The highest BCUT2D eigenvalue weighted by atomic mass is 19.1. The van der Waals surface area contributed by atoms with Gasteiger partial charge in [-0.05, 0) is 18.6 Å². The van der Waals surface area contributed by atoms with Crippen LogP contribution in [0.4, 0.5) is 8.78 Å². The van der Waals surface area contributed by atoms with Crippen LogP contribution in [0.5, 0.6) is 0 Å². The third-order valence-corrected chi connectivity index (χ3v) is 2.25. The Bertz CT molecular complexity index is 313. The fourth-order valence-electron chi connectivity index (χ4n) is 1.43. The SMILES string of the molecule is CC(N)C(CN)c1ccc(F)cc1F. The van der Waals surface area contributed by atoms with Gasteiger partial charge in [-0.15, -0.1) is 0 Å². The van der Waals surface area contributed by atoms with Crippen molar-refractivity contribution in [3.05, 3.63) is 35.4 Å². The number of hydrogen-bond acceptors (Lipinski definition) is 2. The van der Waals surface area contributed by atoms with Crippen molar-refractivity contribution in [3.8, 4) is 0 Å². The molecule has 2 nitrogen and oxygen atoms in total. The van der Waals surface area contributed by atoms with Gasteiger partial charge in [0.25, 0.3) is 0 Å². The van der Waals surface area contributed by atoms with Crippen molar-refractivity contribution in [1.82, 2.24) is 0 Å². The molecule has 0 spiro atoms. The second-order valence-electron chi connectivity index (χ2n) is 3.37. The normalized spacial score (nSPS) is 15.2. The highest BCUT2D eigenvalue weighted by Gasteiger charge is 2.18. The molecule has 0 aliphatic heterocycles. The summed E-state index contributed by atoms with van der Waals surface area (Å²) in [4.78, 5) is 0. The van der Waals surface area contributed by atoms with Crippen LogP contribution in [0, 0.1) is 11.6 Å². The van der Waals surface area contributed by atoms with E-state index < -0.39 is 11.6 Å². The van der Waals surface area contributed by atoms with Crippen molar-refractivity contribution < 1.29 is 8.78 Å². The lowest BCUT2D eigenvalue weighted by Crippen LogP contribution is -2.31. The van der Waals surface area contributed by atoms with Crippen molar-refractivity contribution in [2.24, 2.45) is 11.5 Å². The smallest absolute Gasteiger partial charge is 0.129 e. The monoisotopic (exact) mass is 200 g/mol. The standard InChI is InChI=1S/C10H14F2N2/c1-6(14)9(5-13)8-3-2-7(11)4-10(8)12/h2-4,6,9H,5,13-14H2,1H3. The van der Waals surface area contributed by atoms with Gasteiger partial charge in [-0.25, -0.2) is 8.78 Å². The first-order chi connectivity index (χ1) is 6.56. The Balaban J connectivity index is 3.04. The Morgan fingerprint density at radius 2 is 2.00 bits per heavy atom. The van der Waals surface area contributed by atoms with Gasteiger partial charge in [-0.2, -0.15) is 0 Å². The quantitative estimate of drug-likeness (QED) is 0.773. The number of halogens is 2. The first-order valence-corrected chi connectivity index (χ1v) is 4.47. The second-order valence-corrected chi connectivity index (χ2v) is 3.37. The van der Waals surface area contributed by atoms with Gasteiger partial charge in [0.1, 0.15) is 11.6 Å². The van der Waals surface area contributed by atoms with E-state index in [1.54, 1.807) is 6.92 Å². The molecule has 0 aromatic heterocycles. The van der Waals surface area contributed by atoms with Crippen LogP contribution in [0.25, 0.3) is 0 Å². The van der Waals surface area contributed by atoms with E-state index in [9.17, 15) is 8.78 Å². The van der Waals surface area contributed by atoms with Gasteiger partial charge in [-0.3, -0.25) is 0 Å². The maximum atomic E-state index is 13.3. The van der Waals surface area contributed by atoms with Crippen LogP contribution in [-0.2, 0) is 0 Å². The van der Waals surface area contributed by atoms with Gasteiger partial charge < -0.3 is 11.5 Å². The summed E-state index contributed by atoms with van der Waals surface area (Å²) in [6.45, 7) is 2.00. The Morgan fingerprint density at radius 3 is 2.43 bits per heavy atom. The van der Waals surface area contributed by atoms with Gasteiger partial charge in [0.2, 0.25) is 0 Å². The van der Waals surface area contributed by atoms with E-state index in [4.69, 9.17) is 11.5 Å². The molecule has 1 aromatic carbocycles. The first-order valence-electron chi connectivity index (χ1n) is 4.47. The van der Waals surface area contributed by atoms with E-state index in [1.165, 1.54) is 12.1 Å². The molecule has 14 heavy (non-hydrogen) atoms. The Kier molecular flexibility index (Phi) is 3.55. The molecular formula is C10H14F2N2. The zero-order chi connectivity index (χ0) is 10.7. The van der Waals surface area contributed by atoms with Crippen LogP contribution in [0.3, 0.4) is 0 Å². The van der Waals surface area contributed by atoms with E-state index in [1.807, 2.05) is 0 Å². The summed E-state index contributed by atoms with van der Waals surface area (Å²) in [5.41, 5.74) is 11.5. The van der Waals surface area contributed by atoms with Gasteiger partial charge in [0.05, 0.1) is 0 Å². The molecule has 4 N–H and O–H groups in total. The van der Waals surface area contributed by atoms with Gasteiger partial charge >= 0.3 is 0 Å². The predicted octanol–water partition coefficient (Wildman–Crippen LogP) is 1.35. The highest BCUT2D eigenvalue weighted by Crippen LogP contribution is 2.21. The lowest BCUT2D eigenvalue weighted by molar-refractivity contribution is 0.518. The van der Waals surface area contributed by atoms with Crippen LogP contribution in [-0.4, -0.2) is 12.6 Å². The second kappa shape index (κ2) is 4.48. The molecule has 1 rings (SSSR count). The molecule has 4 heteroatoms. The van der Waals surface area contributed by atoms with Crippen molar-refractivity contribution in [2.45, 2.75) is 18.9 Å². The first kappa shape index (κ1) is 11.1. The minimum atomic E-state index is -0.591. The maximum absolute atomic E-state index is 13.3. The molecule has 1 aromatic rings. The average molecular weight is 200 g/mol. The summed E-state index contributed by atoms with van der Waals surface area (Å²) < 4.78 is 25.9. The molecule has 78 valence electrons. The lowest BCUT2D eigenvalue weighted by atomic mass is 9.92. The van der Waals surface area contributed by atoms with Gasteiger partial charge in [0.15, 0.2) is 0 Å². The van der Waals surface area contributed by atoms with Gasteiger partial charge in [0, 0.05) is 24.6 Å². The van der Waals surface area contributed by atoms with Crippen LogP contribution in [0.15, 0.2) is 18.2 Å². The molecular weight excluding hydrogens is 186 g/mol. The molecule has 0 aliphatic carbocycles. The van der Waals surface area contributed by atoms with Gasteiger partial charge in [-0.1, -0.05) is 6.07 Å². The third kappa shape index (κ3) is 2.27. The molecule has 0 aliphatic rings. The van der Waals surface area contributed by atoms with Crippen LogP contribution >= 0.6 is 0 Å². The zero-order valence-corrected chi connectivity index (χ0v) is 8.00. The molecule has 0 bridgehead atoms. The number of nitrogens with two attached hydrogens (primary N) is 2.